The van der Waals surface area contributed by atoms with Crippen molar-refractivity contribution in [2.75, 3.05) is 19.0 Å². The van der Waals surface area contributed by atoms with Crippen LogP contribution in [0, 0.1) is 13.8 Å². The number of rotatable bonds is 4. The van der Waals surface area contributed by atoms with E-state index >= 15 is 0 Å². The van der Waals surface area contributed by atoms with Crippen LogP contribution in [0.1, 0.15) is 30.4 Å². The van der Waals surface area contributed by atoms with E-state index < -0.39 is 0 Å². The predicted molar refractivity (Wildman–Crippen MR) is 95.0 cm³/mol. The van der Waals surface area contributed by atoms with Crippen molar-refractivity contribution in [2.24, 2.45) is 10.7 Å². The highest BCUT2D eigenvalue weighted by atomic mass is 127. The van der Waals surface area contributed by atoms with Gasteiger partial charge in [0.1, 0.15) is 0 Å². The van der Waals surface area contributed by atoms with Crippen LogP contribution in [0.2, 0.25) is 0 Å². The van der Waals surface area contributed by atoms with Gasteiger partial charge in [-0.1, -0.05) is 6.07 Å². The van der Waals surface area contributed by atoms with Gasteiger partial charge in [-0.15, -0.1) is 24.0 Å². The van der Waals surface area contributed by atoms with Gasteiger partial charge in [0.25, 0.3) is 0 Å². The summed E-state index contributed by atoms with van der Waals surface area (Å²) in [6.45, 7) is 4.81. The van der Waals surface area contributed by atoms with Crippen molar-refractivity contribution in [3.8, 4) is 0 Å². The molecule has 0 aromatic heterocycles. The zero-order chi connectivity index (χ0) is 13.9. The van der Waals surface area contributed by atoms with Gasteiger partial charge >= 0.3 is 0 Å². The quantitative estimate of drug-likeness (QED) is 0.472. The lowest BCUT2D eigenvalue weighted by atomic mass is 9.80. The molecule has 0 amide bonds. The first-order chi connectivity index (χ1) is 9.04. The normalized spacial score (nSPS) is 17.1. The monoisotopic (exact) mass is 389 g/mol. The van der Waals surface area contributed by atoms with Gasteiger partial charge in [-0.3, -0.25) is 4.99 Å². The molecule has 1 aromatic carbocycles. The molecule has 0 heterocycles. The number of ether oxygens (including phenoxy) is 1. The Bertz CT molecular complexity index is 478. The molecule has 20 heavy (non-hydrogen) atoms. The maximum absolute atomic E-state index is 5.92. The van der Waals surface area contributed by atoms with E-state index in [0.717, 1.165) is 18.5 Å². The van der Waals surface area contributed by atoms with Crippen molar-refractivity contribution in [3.05, 3.63) is 29.3 Å². The van der Waals surface area contributed by atoms with Crippen molar-refractivity contribution in [3.63, 3.8) is 0 Å². The highest BCUT2D eigenvalue weighted by Crippen LogP contribution is 2.35. The molecule has 1 fully saturated rings. The van der Waals surface area contributed by atoms with Gasteiger partial charge in [0.15, 0.2) is 5.96 Å². The van der Waals surface area contributed by atoms with E-state index in [4.69, 9.17) is 10.5 Å². The summed E-state index contributed by atoms with van der Waals surface area (Å²) in [5.74, 6) is 0.451. The van der Waals surface area contributed by atoms with Gasteiger partial charge in [-0.05, 0) is 56.4 Å². The van der Waals surface area contributed by atoms with Gasteiger partial charge in [-0.25, -0.2) is 0 Å². The highest BCUT2D eigenvalue weighted by molar-refractivity contribution is 14.0. The number of nitrogens with zero attached hydrogens (tertiary/aromatic N) is 1. The van der Waals surface area contributed by atoms with Crippen LogP contribution in [0.3, 0.4) is 0 Å². The predicted octanol–water partition coefficient (Wildman–Crippen LogP) is 3.22. The fourth-order valence-corrected chi connectivity index (χ4v) is 2.23. The van der Waals surface area contributed by atoms with E-state index in [0.29, 0.717) is 12.5 Å². The molecule has 4 nitrogen and oxygen atoms in total. The Morgan fingerprint density at radius 1 is 1.35 bits per heavy atom. The number of hydrogen-bond acceptors (Lipinski definition) is 2. The number of halogens is 1. The van der Waals surface area contributed by atoms with Crippen LogP contribution < -0.4 is 11.1 Å². The molecule has 1 aromatic rings. The van der Waals surface area contributed by atoms with E-state index in [1.165, 1.54) is 17.5 Å². The molecule has 0 bridgehead atoms. The first-order valence-corrected chi connectivity index (χ1v) is 6.74. The summed E-state index contributed by atoms with van der Waals surface area (Å²) in [5.41, 5.74) is 9.33. The number of nitrogens with two attached hydrogens (primary N) is 1. The molecule has 1 aliphatic rings. The maximum atomic E-state index is 5.92. The van der Waals surface area contributed by atoms with Crippen LogP contribution in [0.4, 0.5) is 5.69 Å². The summed E-state index contributed by atoms with van der Waals surface area (Å²) in [6, 6.07) is 6.17. The third kappa shape index (κ3) is 4.09. The van der Waals surface area contributed by atoms with Crippen LogP contribution >= 0.6 is 24.0 Å². The molecule has 0 unspecified atom stereocenters. The number of methoxy groups -OCH3 is 1. The molecule has 0 saturated heterocycles. The van der Waals surface area contributed by atoms with Gasteiger partial charge in [0, 0.05) is 12.8 Å². The molecular formula is C15H24IN3O. The van der Waals surface area contributed by atoms with E-state index in [9.17, 15) is 0 Å². The standard InChI is InChI=1S/C15H23N3O.HI/c1-11-5-6-13(9-12(11)2)18-14(16)17-10-15(19-3)7-4-8-15;/h5-6,9H,4,7-8,10H2,1-3H3,(H3,16,17,18);1H. The Kier molecular flexibility index (Phi) is 6.26. The van der Waals surface area contributed by atoms with Crippen molar-refractivity contribution in [1.29, 1.82) is 0 Å². The summed E-state index contributed by atoms with van der Waals surface area (Å²) in [4.78, 5) is 4.39. The average molecular weight is 389 g/mol. The third-order valence-electron chi connectivity index (χ3n) is 4.01. The van der Waals surface area contributed by atoms with Crippen molar-refractivity contribution in [1.82, 2.24) is 0 Å². The zero-order valence-electron chi connectivity index (χ0n) is 12.4. The number of guanidine groups is 1. The molecule has 112 valence electrons. The largest absolute Gasteiger partial charge is 0.376 e. The summed E-state index contributed by atoms with van der Waals surface area (Å²) in [7, 11) is 1.75. The van der Waals surface area contributed by atoms with Gasteiger partial charge < -0.3 is 15.8 Å². The van der Waals surface area contributed by atoms with Gasteiger partial charge in [-0.2, -0.15) is 0 Å². The van der Waals surface area contributed by atoms with E-state index in [-0.39, 0.29) is 29.6 Å². The van der Waals surface area contributed by atoms with E-state index in [1.807, 2.05) is 6.07 Å². The van der Waals surface area contributed by atoms with E-state index in [1.54, 1.807) is 7.11 Å². The fourth-order valence-electron chi connectivity index (χ4n) is 2.23. The highest BCUT2D eigenvalue weighted by Gasteiger charge is 2.36. The summed E-state index contributed by atoms with van der Waals surface area (Å²) in [5, 5.41) is 3.13. The smallest absolute Gasteiger partial charge is 0.193 e. The second-order valence-electron chi connectivity index (χ2n) is 5.37. The van der Waals surface area contributed by atoms with Crippen LogP contribution in [0.25, 0.3) is 0 Å². The lowest BCUT2D eigenvalue weighted by Crippen LogP contribution is -2.43. The molecular weight excluding hydrogens is 365 g/mol. The Labute approximate surface area is 138 Å². The number of aryl methyl sites for hydroxylation is 2. The van der Waals surface area contributed by atoms with Crippen LogP contribution in [-0.2, 0) is 4.74 Å². The van der Waals surface area contributed by atoms with Crippen molar-refractivity contribution in [2.45, 2.75) is 38.7 Å². The summed E-state index contributed by atoms with van der Waals surface area (Å²) >= 11 is 0. The number of anilines is 1. The number of benzene rings is 1. The number of hydrogen-bond donors (Lipinski definition) is 2. The minimum Gasteiger partial charge on any atom is -0.376 e. The minimum absolute atomic E-state index is 0. The molecule has 0 aliphatic heterocycles. The number of aliphatic imine (C=N–C) groups is 1. The SMILES string of the molecule is COC1(CN=C(N)Nc2ccc(C)c(C)c2)CCC1.I. The Hall–Kier alpha value is -0.820. The molecule has 2 rings (SSSR count). The Morgan fingerprint density at radius 2 is 2.05 bits per heavy atom. The first kappa shape index (κ1) is 17.2. The molecule has 3 N–H and O–H groups in total. The lowest BCUT2D eigenvalue weighted by Gasteiger charge is -2.39. The topological polar surface area (TPSA) is 59.6 Å². The second kappa shape index (κ2) is 7.26. The maximum Gasteiger partial charge on any atom is 0.193 e. The Balaban J connectivity index is 0.00000200. The van der Waals surface area contributed by atoms with Crippen LogP contribution in [0.15, 0.2) is 23.2 Å². The molecule has 5 heteroatoms. The molecule has 0 atom stereocenters. The van der Waals surface area contributed by atoms with Gasteiger partial charge in [0.2, 0.25) is 0 Å². The van der Waals surface area contributed by atoms with Crippen LogP contribution in [-0.4, -0.2) is 25.2 Å². The minimum atomic E-state index is -0.0739. The van der Waals surface area contributed by atoms with E-state index in [2.05, 4.69) is 36.3 Å². The van der Waals surface area contributed by atoms with Crippen LogP contribution in [0.5, 0.6) is 0 Å². The first-order valence-electron chi connectivity index (χ1n) is 6.74. The number of nitrogens with one attached hydrogen (secondary N) is 1. The third-order valence-corrected chi connectivity index (χ3v) is 4.01. The summed E-state index contributed by atoms with van der Waals surface area (Å²) in [6.07, 6.45) is 3.36. The van der Waals surface area contributed by atoms with Gasteiger partial charge in [0.05, 0.1) is 12.1 Å². The Morgan fingerprint density at radius 3 is 2.55 bits per heavy atom. The average Bonchev–Trinajstić information content (AvgIpc) is 2.33. The zero-order valence-corrected chi connectivity index (χ0v) is 14.7. The molecule has 0 radical (unpaired) electrons. The van der Waals surface area contributed by atoms with Crippen molar-refractivity contribution < 1.29 is 4.74 Å². The molecule has 1 saturated carbocycles. The fraction of sp³-hybridized carbons (Fsp3) is 0.533. The van der Waals surface area contributed by atoms with Crippen molar-refractivity contribution >= 4 is 35.6 Å². The molecule has 0 spiro atoms. The lowest BCUT2D eigenvalue weighted by molar-refractivity contribution is -0.0629. The molecule has 1 aliphatic carbocycles. The second-order valence-corrected chi connectivity index (χ2v) is 5.37. The summed E-state index contributed by atoms with van der Waals surface area (Å²) < 4.78 is 5.52.